The van der Waals surface area contributed by atoms with Crippen LogP contribution < -0.4 is 5.32 Å². The summed E-state index contributed by atoms with van der Waals surface area (Å²) < 4.78 is 1.89. The molecule has 0 saturated carbocycles. The van der Waals surface area contributed by atoms with Crippen LogP contribution in [-0.2, 0) is 6.54 Å². The third kappa shape index (κ3) is 1.98. The molecule has 0 atom stereocenters. The van der Waals surface area contributed by atoms with E-state index >= 15 is 0 Å². The maximum absolute atomic E-state index is 4.51. The van der Waals surface area contributed by atoms with Crippen molar-refractivity contribution in [3.63, 3.8) is 0 Å². The second kappa shape index (κ2) is 4.58. The smallest absolute Gasteiger partial charge is 0.0766 e. The Morgan fingerprint density at radius 3 is 3.06 bits per heavy atom. The van der Waals surface area contributed by atoms with Gasteiger partial charge in [-0.3, -0.25) is 4.98 Å². The quantitative estimate of drug-likeness (QED) is 0.760. The Balaban J connectivity index is 2.02. The molecule has 1 N–H and O–H groups in total. The zero-order valence-corrected chi connectivity index (χ0v) is 10.2. The van der Waals surface area contributed by atoms with Crippen LogP contribution in [0.5, 0.6) is 0 Å². The maximum Gasteiger partial charge on any atom is 0.0766 e. The zero-order valence-electron chi connectivity index (χ0n) is 10.2. The summed E-state index contributed by atoms with van der Waals surface area (Å²) in [5.74, 6) is 0. The van der Waals surface area contributed by atoms with E-state index in [4.69, 9.17) is 0 Å². The minimum absolute atomic E-state index is 0.780. The predicted octanol–water partition coefficient (Wildman–Crippen LogP) is 2.14. The van der Waals surface area contributed by atoms with E-state index in [1.54, 1.807) is 6.20 Å². The average molecular weight is 238 g/mol. The zero-order chi connectivity index (χ0) is 12.4. The molecule has 0 radical (unpaired) electrons. The number of nitrogens with one attached hydrogen (secondary N) is 1. The second-order valence-electron chi connectivity index (χ2n) is 4.16. The number of pyridine rings is 1. The van der Waals surface area contributed by atoms with Crippen molar-refractivity contribution < 1.29 is 0 Å². The summed E-state index contributed by atoms with van der Waals surface area (Å²) in [4.78, 5) is 4.31. The van der Waals surface area contributed by atoms with Crippen molar-refractivity contribution in [2.75, 3.05) is 7.05 Å². The van der Waals surface area contributed by atoms with Gasteiger partial charge in [-0.25, -0.2) is 4.68 Å². The Bertz CT molecular complexity index is 672. The highest BCUT2D eigenvalue weighted by Gasteiger charge is 2.02. The van der Waals surface area contributed by atoms with E-state index in [0.717, 1.165) is 28.8 Å². The van der Waals surface area contributed by atoms with Gasteiger partial charge in [0.05, 0.1) is 16.9 Å². The van der Waals surface area contributed by atoms with Crippen LogP contribution in [0.1, 0.15) is 5.69 Å². The first kappa shape index (κ1) is 10.9. The van der Waals surface area contributed by atoms with Crippen molar-refractivity contribution >= 4 is 10.9 Å². The van der Waals surface area contributed by atoms with Gasteiger partial charge in [-0.1, -0.05) is 6.07 Å². The Morgan fingerprint density at radius 1 is 1.22 bits per heavy atom. The molecular formula is C14H14N4. The molecule has 2 aromatic heterocycles. The normalized spacial score (nSPS) is 10.9. The number of rotatable bonds is 3. The van der Waals surface area contributed by atoms with Crippen LogP contribution >= 0.6 is 0 Å². The third-order valence-corrected chi connectivity index (χ3v) is 2.85. The molecule has 4 nitrogen and oxygen atoms in total. The molecule has 0 spiro atoms. The molecule has 90 valence electrons. The third-order valence-electron chi connectivity index (χ3n) is 2.85. The van der Waals surface area contributed by atoms with Gasteiger partial charge in [0.25, 0.3) is 0 Å². The Hall–Kier alpha value is -2.20. The molecule has 0 aliphatic heterocycles. The van der Waals surface area contributed by atoms with Crippen molar-refractivity contribution in [2.24, 2.45) is 0 Å². The molecule has 2 heterocycles. The molecule has 0 fully saturated rings. The van der Waals surface area contributed by atoms with Gasteiger partial charge in [0.1, 0.15) is 0 Å². The minimum Gasteiger partial charge on any atom is -0.314 e. The van der Waals surface area contributed by atoms with Crippen LogP contribution in [0.25, 0.3) is 16.6 Å². The fraction of sp³-hybridized carbons (Fsp3) is 0.143. The van der Waals surface area contributed by atoms with E-state index < -0.39 is 0 Å². The van der Waals surface area contributed by atoms with Gasteiger partial charge < -0.3 is 5.32 Å². The van der Waals surface area contributed by atoms with E-state index in [2.05, 4.69) is 27.5 Å². The second-order valence-corrected chi connectivity index (χ2v) is 4.16. The first-order valence-electron chi connectivity index (χ1n) is 5.91. The lowest BCUT2D eigenvalue weighted by Gasteiger charge is -2.03. The fourth-order valence-electron chi connectivity index (χ4n) is 1.99. The van der Waals surface area contributed by atoms with Crippen molar-refractivity contribution in [2.45, 2.75) is 6.54 Å². The topological polar surface area (TPSA) is 42.7 Å². The molecule has 1 aromatic carbocycles. The summed E-state index contributed by atoms with van der Waals surface area (Å²) in [7, 11) is 1.92. The van der Waals surface area contributed by atoms with Crippen LogP contribution in [0.4, 0.5) is 0 Å². The first-order valence-corrected chi connectivity index (χ1v) is 5.91. The standard InChI is InChI=1S/C14H14N4/c1-15-10-12-6-8-18(17-12)13-4-5-14-11(9-13)3-2-7-16-14/h2-9,15H,10H2,1H3. The molecule has 0 saturated heterocycles. The van der Waals surface area contributed by atoms with Crippen molar-refractivity contribution in [1.82, 2.24) is 20.1 Å². The maximum atomic E-state index is 4.51. The molecular weight excluding hydrogens is 224 g/mol. The van der Waals surface area contributed by atoms with E-state index in [0.29, 0.717) is 0 Å². The molecule has 0 bridgehead atoms. The number of hydrogen-bond donors (Lipinski definition) is 1. The van der Waals surface area contributed by atoms with E-state index in [1.807, 2.05) is 42.2 Å². The molecule has 0 unspecified atom stereocenters. The molecule has 4 heteroatoms. The lowest BCUT2D eigenvalue weighted by atomic mass is 10.2. The molecule has 3 aromatic rings. The van der Waals surface area contributed by atoms with E-state index in [9.17, 15) is 0 Å². The highest BCUT2D eigenvalue weighted by molar-refractivity contribution is 5.80. The fourth-order valence-corrected chi connectivity index (χ4v) is 1.99. The molecule has 0 aliphatic carbocycles. The van der Waals surface area contributed by atoms with Gasteiger partial charge in [-0.15, -0.1) is 0 Å². The number of hydrogen-bond acceptors (Lipinski definition) is 3. The monoisotopic (exact) mass is 238 g/mol. The number of fused-ring (bicyclic) bond motifs is 1. The van der Waals surface area contributed by atoms with Crippen molar-refractivity contribution in [3.05, 3.63) is 54.5 Å². The van der Waals surface area contributed by atoms with Crippen LogP contribution in [0.2, 0.25) is 0 Å². The van der Waals surface area contributed by atoms with Crippen molar-refractivity contribution in [1.29, 1.82) is 0 Å². The molecule has 3 rings (SSSR count). The lowest BCUT2D eigenvalue weighted by Crippen LogP contribution is -2.06. The van der Waals surface area contributed by atoms with Crippen LogP contribution in [0.3, 0.4) is 0 Å². The number of nitrogens with zero attached hydrogens (tertiary/aromatic N) is 3. The lowest BCUT2D eigenvalue weighted by molar-refractivity contribution is 0.757. The summed E-state index contributed by atoms with van der Waals surface area (Å²) in [6, 6.07) is 12.2. The van der Waals surface area contributed by atoms with Crippen LogP contribution in [-0.4, -0.2) is 21.8 Å². The van der Waals surface area contributed by atoms with Gasteiger partial charge in [-0.05, 0) is 37.4 Å². The summed E-state index contributed by atoms with van der Waals surface area (Å²) in [5, 5.41) is 8.73. The van der Waals surface area contributed by atoms with Gasteiger partial charge >= 0.3 is 0 Å². The SMILES string of the molecule is CNCc1ccn(-c2ccc3ncccc3c2)n1. The van der Waals surface area contributed by atoms with Gasteiger partial charge in [0.2, 0.25) is 0 Å². The molecule has 0 amide bonds. The Kier molecular flexibility index (Phi) is 2.78. The van der Waals surface area contributed by atoms with E-state index in [1.165, 1.54) is 0 Å². The first-order chi connectivity index (χ1) is 8.86. The average Bonchev–Trinajstić information content (AvgIpc) is 2.87. The minimum atomic E-state index is 0.780. The highest BCUT2D eigenvalue weighted by atomic mass is 15.3. The summed E-state index contributed by atoms with van der Waals surface area (Å²) in [5.41, 5.74) is 3.09. The Labute approximate surface area is 105 Å². The molecule has 18 heavy (non-hydrogen) atoms. The Morgan fingerprint density at radius 2 is 2.17 bits per heavy atom. The largest absolute Gasteiger partial charge is 0.314 e. The van der Waals surface area contributed by atoms with Crippen molar-refractivity contribution in [3.8, 4) is 5.69 Å². The number of benzene rings is 1. The number of aromatic nitrogens is 3. The van der Waals surface area contributed by atoms with Crippen LogP contribution in [0.15, 0.2) is 48.8 Å². The van der Waals surface area contributed by atoms with Crippen LogP contribution in [0, 0.1) is 0 Å². The van der Waals surface area contributed by atoms with Gasteiger partial charge in [0.15, 0.2) is 0 Å². The molecule has 0 aliphatic rings. The summed E-state index contributed by atoms with van der Waals surface area (Å²) in [6.07, 6.45) is 3.78. The highest BCUT2D eigenvalue weighted by Crippen LogP contribution is 2.16. The summed E-state index contributed by atoms with van der Waals surface area (Å²) in [6.45, 7) is 0.780. The summed E-state index contributed by atoms with van der Waals surface area (Å²) >= 11 is 0. The van der Waals surface area contributed by atoms with Gasteiger partial charge in [-0.2, -0.15) is 5.10 Å². The van der Waals surface area contributed by atoms with Gasteiger partial charge in [0, 0.05) is 24.3 Å². The van der Waals surface area contributed by atoms with E-state index in [-0.39, 0.29) is 0 Å². The predicted molar refractivity (Wildman–Crippen MR) is 71.6 cm³/mol.